The van der Waals surface area contributed by atoms with Gasteiger partial charge in [-0.2, -0.15) is 5.01 Å². The monoisotopic (exact) mass is 607 g/mol. The number of hydrazine groups is 1. The second-order valence-electron chi connectivity index (χ2n) is 10.5. The van der Waals surface area contributed by atoms with Crippen LogP contribution >= 0.6 is 15.9 Å². The number of benzene rings is 4. The van der Waals surface area contributed by atoms with Crippen molar-refractivity contribution >= 4 is 39.3 Å². The number of nitrogens with zero attached hydrogens (tertiary/aromatic N) is 3. The summed E-state index contributed by atoms with van der Waals surface area (Å²) in [7, 11) is 0. The minimum absolute atomic E-state index is 0.0151. The molecule has 4 aromatic carbocycles. The molecule has 0 aromatic heterocycles. The average Bonchev–Trinajstić information content (AvgIpc) is 3.26. The molecule has 1 fully saturated rings. The summed E-state index contributed by atoms with van der Waals surface area (Å²) in [5.41, 5.74) is 4.58. The van der Waals surface area contributed by atoms with Gasteiger partial charge in [-0.3, -0.25) is 24.5 Å². The standard InChI is InChI=1S/C32H22BrN3O5/c33-20-14-12-18(13-15-20)17-34(30(37)19-6-5-7-21(16-19)36(40)41)35-31(38)28-26-22-8-1-2-9-23(22)27(29(28)32(35)39)25-11-4-3-10-24(25)26/h1-16,26-29H,17H2/t26?,27?,28-,29-/m0/s1. The lowest BCUT2D eigenvalue weighted by Gasteiger charge is -2.45. The zero-order chi connectivity index (χ0) is 28.4. The van der Waals surface area contributed by atoms with Gasteiger partial charge in [-0.25, -0.2) is 5.01 Å². The van der Waals surface area contributed by atoms with Crippen molar-refractivity contribution in [3.63, 3.8) is 0 Å². The summed E-state index contributed by atoms with van der Waals surface area (Å²) in [4.78, 5) is 53.6. The molecule has 202 valence electrons. The van der Waals surface area contributed by atoms with E-state index in [1.165, 1.54) is 24.3 Å². The summed E-state index contributed by atoms with van der Waals surface area (Å²) >= 11 is 3.41. The first-order valence-corrected chi connectivity index (χ1v) is 14.0. The number of nitro groups is 1. The first kappa shape index (κ1) is 25.3. The minimum Gasteiger partial charge on any atom is -0.272 e. The number of non-ortho nitro benzene ring substituents is 1. The first-order chi connectivity index (χ1) is 19.8. The van der Waals surface area contributed by atoms with Gasteiger partial charge in [0.2, 0.25) is 0 Å². The lowest BCUT2D eigenvalue weighted by molar-refractivity contribution is -0.384. The third-order valence-corrected chi connectivity index (χ3v) is 8.98. The summed E-state index contributed by atoms with van der Waals surface area (Å²) in [6.07, 6.45) is 0. The van der Waals surface area contributed by atoms with Crippen LogP contribution in [-0.2, 0) is 16.1 Å². The number of halogens is 1. The lowest BCUT2D eigenvalue weighted by Crippen LogP contribution is -2.50. The Balaban J connectivity index is 1.35. The van der Waals surface area contributed by atoms with Gasteiger partial charge in [0.15, 0.2) is 0 Å². The quantitative estimate of drug-likeness (QED) is 0.162. The smallest absolute Gasteiger partial charge is 0.272 e. The summed E-state index contributed by atoms with van der Waals surface area (Å²) in [6, 6.07) is 28.4. The highest BCUT2D eigenvalue weighted by atomic mass is 79.9. The van der Waals surface area contributed by atoms with E-state index in [0.29, 0.717) is 5.56 Å². The molecule has 1 saturated heterocycles. The van der Waals surface area contributed by atoms with Crippen molar-refractivity contribution in [3.05, 3.63) is 145 Å². The third-order valence-electron chi connectivity index (χ3n) is 8.45. The van der Waals surface area contributed by atoms with Gasteiger partial charge in [0, 0.05) is 34.0 Å². The topological polar surface area (TPSA) is 101 Å². The molecule has 8 nitrogen and oxygen atoms in total. The molecule has 2 bridgehead atoms. The molecule has 0 radical (unpaired) electrons. The van der Waals surface area contributed by atoms with E-state index in [-0.39, 0.29) is 29.6 Å². The van der Waals surface area contributed by atoms with Crippen molar-refractivity contribution in [2.45, 2.75) is 18.4 Å². The van der Waals surface area contributed by atoms with Crippen LogP contribution in [0.25, 0.3) is 0 Å². The molecule has 2 atom stereocenters. The van der Waals surface area contributed by atoms with Crippen molar-refractivity contribution in [1.29, 1.82) is 0 Å². The largest absolute Gasteiger partial charge is 0.273 e. The van der Waals surface area contributed by atoms with Gasteiger partial charge < -0.3 is 0 Å². The fraction of sp³-hybridized carbons (Fsp3) is 0.156. The Labute approximate surface area is 243 Å². The molecule has 41 heavy (non-hydrogen) atoms. The molecule has 0 unspecified atom stereocenters. The van der Waals surface area contributed by atoms with E-state index in [2.05, 4.69) is 15.9 Å². The highest BCUT2D eigenvalue weighted by Gasteiger charge is 2.63. The van der Waals surface area contributed by atoms with Crippen LogP contribution in [0.15, 0.2) is 102 Å². The van der Waals surface area contributed by atoms with Gasteiger partial charge in [0.25, 0.3) is 23.4 Å². The van der Waals surface area contributed by atoms with Gasteiger partial charge in [0.1, 0.15) is 0 Å². The summed E-state index contributed by atoms with van der Waals surface area (Å²) in [5, 5.41) is 13.6. The fourth-order valence-electron chi connectivity index (χ4n) is 6.80. The summed E-state index contributed by atoms with van der Waals surface area (Å²) < 4.78 is 0.837. The van der Waals surface area contributed by atoms with Crippen LogP contribution in [0.1, 0.15) is 50.0 Å². The molecule has 9 heteroatoms. The molecule has 1 heterocycles. The SMILES string of the molecule is O=C(c1cccc([N+](=O)[O-])c1)N(Cc1ccc(Br)cc1)N1C(=O)[C@H]2C3c4ccccc4C(c4ccccc43)[C@@H]2C1=O. The Hall–Kier alpha value is -4.63. The highest BCUT2D eigenvalue weighted by Crippen LogP contribution is 2.61. The molecule has 0 saturated carbocycles. The predicted octanol–water partition coefficient (Wildman–Crippen LogP) is 5.81. The van der Waals surface area contributed by atoms with E-state index >= 15 is 0 Å². The van der Waals surface area contributed by atoms with Crippen LogP contribution in [-0.4, -0.2) is 32.7 Å². The van der Waals surface area contributed by atoms with E-state index in [1.807, 2.05) is 60.7 Å². The summed E-state index contributed by atoms with van der Waals surface area (Å²) in [6.45, 7) is -0.0685. The molecule has 3 amide bonds. The Kier molecular flexibility index (Phi) is 5.86. The van der Waals surface area contributed by atoms with Crippen molar-refractivity contribution < 1.29 is 19.3 Å². The molecule has 1 aliphatic heterocycles. The van der Waals surface area contributed by atoms with E-state index in [0.717, 1.165) is 36.7 Å². The van der Waals surface area contributed by atoms with Gasteiger partial charge in [-0.1, -0.05) is 82.7 Å². The zero-order valence-corrected chi connectivity index (χ0v) is 23.1. The van der Waals surface area contributed by atoms with Crippen molar-refractivity contribution in [2.24, 2.45) is 11.8 Å². The number of nitro benzene ring substituents is 1. The molecule has 0 N–H and O–H groups in total. The van der Waals surface area contributed by atoms with Crippen LogP contribution in [0.5, 0.6) is 0 Å². The fourth-order valence-corrected chi connectivity index (χ4v) is 7.06. The average molecular weight is 608 g/mol. The molecular formula is C32H22BrN3O5. The maximum Gasteiger partial charge on any atom is 0.273 e. The number of hydrogen-bond donors (Lipinski definition) is 0. The third kappa shape index (κ3) is 3.83. The number of carbonyl (C=O) groups is 3. The lowest BCUT2D eigenvalue weighted by atomic mass is 9.55. The van der Waals surface area contributed by atoms with Crippen LogP contribution in [0.4, 0.5) is 5.69 Å². The Morgan fingerprint density at radius 1 is 0.780 bits per heavy atom. The van der Waals surface area contributed by atoms with Crippen LogP contribution in [0.3, 0.4) is 0 Å². The van der Waals surface area contributed by atoms with Crippen molar-refractivity contribution in [2.75, 3.05) is 0 Å². The summed E-state index contributed by atoms with van der Waals surface area (Å²) in [5.74, 6) is -3.50. The highest BCUT2D eigenvalue weighted by molar-refractivity contribution is 9.10. The maximum absolute atomic E-state index is 14.4. The van der Waals surface area contributed by atoms with Crippen LogP contribution in [0.2, 0.25) is 0 Å². The predicted molar refractivity (Wildman–Crippen MR) is 153 cm³/mol. The number of rotatable bonds is 5. The second kappa shape index (κ2) is 9.49. The van der Waals surface area contributed by atoms with E-state index in [4.69, 9.17) is 0 Å². The van der Waals surface area contributed by atoms with E-state index in [1.54, 1.807) is 12.1 Å². The minimum atomic E-state index is -0.667. The number of carbonyl (C=O) groups excluding carboxylic acids is 3. The van der Waals surface area contributed by atoms with Gasteiger partial charge >= 0.3 is 0 Å². The van der Waals surface area contributed by atoms with E-state index < -0.39 is 34.5 Å². The van der Waals surface area contributed by atoms with Crippen LogP contribution in [0, 0.1) is 22.0 Å². The van der Waals surface area contributed by atoms with Gasteiger partial charge in [0.05, 0.1) is 23.3 Å². The number of hydrogen-bond acceptors (Lipinski definition) is 5. The van der Waals surface area contributed by atoms with Gasteiger partial charge in [-0.05, 0) is 46.0 Å². The number of imide groups is 1. The molecular weight excluding hydrogens is 586 g/mol. The van der Waals surface area contributed by atoms with Crippen LogP contribution < -0.4 is 0 Å². The molecule has 4 aromatic rings. The van der Waals surface area contributed by atoms with Crippen molar-refractivity contribution in [3.8, 4) is 0 Å². The maximum atomic E-state index is 14.4. The van der Waals surface area contributed by atoms with E-state index in [9.17, 15) is 24.5 Å². The zero-order valence-electron chi connectivity index (χ0n) is 21.5. The van der Waals surface area contributed by atoms with Gasteiger partial charge in [-0.15, -0.1) is 0 Å². The molecule has 8 rings (SSSR count). The molecule has 3 aliphatic carbocycles. The van der Waals surface area contributed by atoms with Crippen molar-refractivity contribution in [1.82, 2.24) is 10.0 Å². The molecule has 0 spiro atoms. The Bertz CT molecular complexity index is 1660. The second-order valence-corrected chi connectivity index (χ2v) is 11.5. The molecule has 4 aliphatic rings. The Morgan fingerprint density at radius 2 is 1.29 bits per heavy atom. The number of amides is 3. The Morgan fingerprint density at radius 3 is 1.78 bits per heavy atom. The first-order valence-electron chi connectivity index (χ1n) is 13.2. The normalized spacial score (nSPS) is 21.7.